The molecule has 10 nitrogen and oxygen atoms in total. The number of pyridine rings is 2. The van der Waals surface area contributed by atoms with Crippen LogP contribution in [0.3, 0.4) is 0 Å². The summed E-state index contributed by atoms with van der Waals surface area (Å²) in [6.07, 6.45) is 8.21. The Morgan fingerprint density at radius 2 is 2.00 bits per heavy atom. The van der Waals surface area contributed by atoms with Crippen LogP contribution < -0.4 is 16.0 Å². The fourth-order valence-corrected chi connectivity index (χ4v) is 3.93. The van der Waals surface area contributed by atoms with E-state index in [-0.39, 0.29) is 35.2 Å². The molecule has 37 heavy (non-hydrogen) atoms. The molecule has 0 aromatic carbocycles. The van der Waals surface area contributed by atoms with Gasteiger partial charge in [0, 0.05) is 12.2 Å². The number of amides is 1. The number of hydrogen-bond acceptors (Lipinski definition) is 8. The molecular formula is C26H31FN8O2. The SMILES string of the molecule is Cc1cnn(-c2cncc(Nc3nc(N[C@H](C4CC4)[C@H](C)NC(=O)OC(C)(C)C)c(F)cc3C#N)c2)c1. The van der Waals surface area contributed by atoms with Gasteiger partial charge in [0.05, 0.1) is 41.6 Å². The van der Waals surface area contributed by atoms with Crippen molar-refractivity contribution in [3.63, 3.8) is 0 Å². The minimum atomic E-state index is -0.656. The molecule has 11 heteroatoms. The number of carbonyl (C=O) groups excluding carboxylic acids is 1. The van der Waals surface area contributed by atoms with Crippen molar-refractivity contribution in [1.82, 2.24) is 25.1 Å². The molecule has 4 rings (SSSR count). The Morgan fingerprint density at radius 3 is 2.62 bits per heavy atom. The Labute approximate surface area is 215 Å². The first-order chi connectivity index (χ1) is 17.5. The number of nitrogens with one attached hydrogen (secondary N) is 3. The smallest absolute Gasteiger partial charge is 0.407 e. The Morgan fingerprint density at radius 1 is 1.24 bits per heavy atom. The molecule has 0 saturated heterocycles. The maximum atomic E-state index is 15.0. The summed E-state index contributed by atoms with van der Waals surface area (Å²) in [5.41, 5.74) is 1.70. The quantitative estimate of drug-likeness (QED) is 0.396. The van der Waals surface area contributed by atoms with Gasteiger partial charge in [0.25, 0.3) is 0 Å². The molecule has 0 radical (unpaired) electrons. The largest absolute Gasteiger partial charge is 0.444 e. The first-order valence-electron chi connectivity index (χ1n) is 12.1. The highest BCUT2D eigenvalue weighted by molar-refractivity contribution is 5.68. The van der Waals surface area contributed by atoms with E-state index in [9.17, 15) is 14.4 Å². The number of hydrogen-bond donors (Lipinski definition) is 3. The molecule has 0 spiro atoms. The fraction of sp³-hybridized carbons (Fsp3) is 0.423. The van der Waals surface area contributed by atoms with Gasteiger partial charge in [-0.1, -0.05) is 0 Å². The minimum Gasteiger partial charge on any atom is -0.444 e. The molecule has 0 aliphatic heterocycles. The molecule has 1 saturated carbocycles. The number of carbonyl (C=O) groups is 1. The lowest BCUT2D eigenvalue weighted by Gasteiger charge is -2.28. The lowest BCUT2D eigenvalue weighted by atomic mass is 10.0. The predicted molar refractivity (Wildman–Crippen MR) is 137 cm³/mol. The number of nitrogens with zero attached hydrogens (tertiary/aromatic N) is 5. The van der Waals surface area contributed by atoms with Gasteiger partial charge < -0.3 is 20.7 Å². The monoisotopic (exact) mass is 506 g/mol. The average Bonchev–Trinajstić information content (AvgIpc) is 3.56. The first-order valence-corrected chi connectivity index (χ1v) is 12.1. The van der Waals surface area contributed by atoms with Crippen LogP contribution in [-0.2, 0) is 4.74 Å². The normalized spacial score (nSPS) is 14.8. The molecule has 3 heterocycles. The van der Waals surface area contributed by atoms with Crippen molar-refractivity contribution < 1.29 is 13.9 Å². The van der Waals surface area contributed by atoms with Crippen LogP contribution in [-0.4, -0.2) is 43.5 Å². The third-order valence-electron chi connectivity index (χ3n) is 5.78. The van der Waals surface area contributed by atoms with E-state index < -0.39 is 17.5 Å². The summed E-state index contributed by atoms with van der Waals surface area (Å²) in [5.74, 6) is -0.236. The lowest BCUT2D eigenvalue weighted by molar-refractivity contribution is 0.0501. The van der Waals surface area contributed by atoms with Gasteiger partial charge in [-0.15, -0.1) is 0 Å². The second-order valence-electron chi connectivity index (χ2n) is 10.3. The third-order valence-corrected chi connectivity index (χ3v) is 5.78. The highest BCUT2D eigenvalue weighted by atomic mass is 19.1. The second kappa shape index (κ2) is 10.4. The molecule has 2 atom stereocenters. The van der Waals surface area contributed by atoms with Crippen molar-refractivity contribution in [2.75, 3.05) is 10.6 Å². The number of anilines is 3. The van der Waals surface area contributed by atoms with E-state index in [0.29, 0.717) is 11.4 Å². The summed E-state index contributed by atoms with van der Waals surface area (Å²) in [5, 5.41) is 23.0. The van der Waals surface area contributed by atoms with Gasteiger partial charge in [0.2, 0.25) is 0 Å². The van der Waals surface area contributed by atoms with Crippen molar-refractivity contribution in [1.29, 1.82) is 5.26 Å². The van der Waals surface area contributed by atoms with Crippen LogP contribution >= 0.6 is 0 Å². The first kappa shape index (κ1) is 25.9. The number of aryl methyl sites for hydroxylation is 1. The number of rotatable bonds is 8. The summed E-state index contributed by atoms with van der Waals surface area (Å²) in [6.45, 7) is 9.15. The Balaban J connectivity index is 1.55. The maximum absolute atomic E-state index is 15.0. The summed E-state index contributed by atoms with van der Waals surface area (Å²) in [4.78, 5) is 20.9. The van der Waals surface area contributed by atoms with Gasteiger partial charge in [-0.25, -0.2) is 18.9 Å². The predicted octanol–water partition coefficient (Wildman–Crippen LogP) is 4.83. The van der Waals surface area contributed by atoms with Gasteiger partial charge in [0.1, 0.15) is 11.7 Å². The van der Waals surface area contributed by atoms with Crippen LogP contribution in [0.4, 0.5) is 26.5 Å². The van der Waals surface area contributed by atoms with Gasteiger partial charge >= 0.3 is 6.09 Å². The van der Waals surface area contributed by atoms with Crippen LogP contribution in [0.25, 0.3) is 5.69 Å². The summed E-state index contributed by atoms with van der Waals surface area (Å²) in [7, 11) is 0. The molecule has 1 fully saturated rings. The van der Waals surface area contributed by atoms with E-state index >= 15 is 0 Å². The number of alkyl carbamates (subject to hydrolysis) is 1. The van der Waals surface area contributed by atoms with Crippen molar-refractivity contribution in [2.45, 2.75) is 65.1 Å². The topological polar surface area (TPSA) is 130 Å². The molecule has 1 amide bonds. The summed E-state index contributed by atoms with van der Waals surface area (Å²) >= 11 is 0. The molecule has 194 valence electrons. The fourth-order valence-electron chi connectivity index (χ4n) is 3.93. The molecule has 1 aliphatic rings. The van der Waals surface area contributed by atoms with Crippen molar-refractivity contribution in [3.8, 4) is 11.8 Å². The van der Waals surface area contributed by atoms with Crippen molar-refractivity contribution >= 4 is 23.4 Å². The number of aromatic nitrogens is 4. The van der Waals surface area contributed by atoms with Crippen LogP contribution in [0.2, 0.25) is 0 Å². The van der Waals surface area contributed by atoms with Crippen LogP contribution in [0.15, 0.2) is 36.9 Å². The van der Waals surface area contributed by atoms with Crippen molar-refractivity contribution in [3.05, 3.63) is 53.9 Å². The third kappa shape index (κ3) is 6.73. The minimum absolute atomic E-state index is 0.0111. The van der Waals surface area contributed by atoms with Gasteiger partial charge in [-0.3, -0.25) is 4.98 Å². The van der Waals surface area contributed by atoms with Crippen LogP contribution in [0.1, 0.15) is 51.7 Å². The highest BCUT2D eigenvalue weighted by Crippen LogP contribution is 2.36. The van der Waals surface area contributed by atoms with E-state index in [0.717, 1.165) is 24.5 Å². The molecule has 3 N–H and O–H groups in total. The molecule has 1 aliphatic carbocycles. The number of halogens is 1. The lowest BCUT2D eigenvalue weighted by Crippen LogP contribution is -2.47. The molecular weight excluding hydrogens is 475 g/mol. The molecule has 3 aromatic rings. The van der Waals surface area contributed by atoms with E-state index in [1.807, 2.05) is 26.1 Å². The summed E-state index contributed by atoms with van der Waals surface area (Å²) < 4.78 is 22.0. The van der Waals surface area contributed by atoms with Gasteiger partial charge in [-0.05, 0) is 71.1 Å². The van der Waals surface area contributed by atoms with E-state index in [1.54, 1.807) is 50.1 Å². The van der Waals surface area contributed by atoms with E-state index in [1.165, 1.54) is 0 Å². The van der Waals surface area contributed by atoms with Crippen molar-refractivity contribution in [2.24, 2.45) is 5.92 Å². The Hall–Kier alpha value is -4.20. The van der Waals surface area contributed by atoms with Gasteiger partial charge in [0.15, 0.2) is 17.5 Å². The average molecular weight is 507 g/mol. The zero-order chi connectivity index (χ0) is 26.7. The zero-order valence-corrected chi connectivity index (χ0v) is 21.5. The molecule has 0 bridgehead atoms. The van der Waals surface area contributed by atoms with E-state index in [4.69, 9.17) is 4.74 Å². The number of ether oxygens (including phenoxy) is 1. The standard InChI is InChI=1S/C26H31FN8O2/c1-15-11-30-35(14-15)20-9-19(12-29-13-20)32-23-18(10-28)8-21(27)24(34-23)33-22(17-6-7-17)16(2)31-25(36)37-26(3,4)5/h8-9,11-14,16-17,22H,6-7H2,1-5H3,(H,31,36)(H2,32,33,34)/t16-,22-/m0/s1. The van der Waals surface area contributed by atoms with Crippen LogP contribution in [0.5, 0.6) is 0 Å². The van der Waals surface area contributed by atoms with E-state index in [2.05, 4.69) is 31.0 Å². The zero-order valence-electron chi connectivity index (χ0n) is 21.5. The second-order valence-corrected chi connectivity index (χ2v) is 10.3. The molecule has 3 aromatic heterocycles. The van der Waals surface area contributed by atoms with Crippen LogP contribution in [0, 0.1) is 30.0 Å². The Kier molecular flexibility index (Phi) is 7.29. The Bertz CT molecular complexity index is 1320. The number of nitriles is 1. The van der Waals surface area contributed by atoms with Gasteiger partial charge in [-0.2, -0.15) is 10.4 Å². The highest BCUT2D eigenvalue weighted by Gasteiger charge is 2.37. The summed E-state index contributed by atoms with van der Waals surface area (Å²) in [6, 6.07) is 4.31. The molecule has 0 unspecified atom stereocenters. The maximum Gasteiger partial charge on any atom is 0.407 e.